The summed E-state index contributed by atoms with van der Waals surface area (Å²) in [6, 6.07) is 4.67. The number of hydrogen-bond acceptors (Lipinski definition) is 0. The second kappa shape index (κ2) is 5.20. The van der Waals surface area contributed by atoms with Crippen molar-refractivity contribution >= 4 is 0 Å². The molecule has 0 heterocycles. The van der Waals surface area contributed by atoms with Crippen LogP contribution in [0, 0.1) is 12.3 Å². The third kappa shape index (κ3) is 4.11. The molecule has 0 fully saturated rings. The summed E-state index contributed by atoms with van der Waals surface area (Å²) in [7, 11) is 0. The van der Waals surface area contributed by atoms with Gasteiger partial charge in [0, 0.05) is 0 Å². The van der Waals surface area contributed by atoms with Gasteiger partial charge < -0.3 is 0 Å². The topological polar surface area (TPSA) is 0 Å². The molecule has 0 unspecified atom stereocenters. The largest absolute Gasteiger partial charge is 0.0599 e. The highest BCUT2D eigenvalue weighted by Gasteiger charge is 2.29. The first-order valence-electron chi connectivity index (χ1n) is 7.87. The summed E-state index contributed by atoms with van der Waals surface area (Å²) in [4.78, 5) is 0. The lowest BCUT2D eigenvalue weighted by Crippen LogP contribution is -2.26. The Morgan fingerprint density at radius 1 is 0.750 bits per heavy atom. The van der Waals surface area contributed by atoms with E-state index in [0.29, 0.717) is 5.41 Å². The average molecular weight is 274 g/mol. The van der Waals surface area contributed by atoms with Gasteiger partial charge in [0.25, 0.3) is 0 Å². The van der Waals surface area contributed by atoms with E-state index in [1.54, 1.807) is 11.1 Å². The molecule has 1 aromatic carbocycles. The molecule has 1 aromatic rings. The molecule has 0 radical (unpaired) electrons. The molecular formula is C20H34. The first-order valence-corrected chi connectivity index (χ1v) is 7.87. The zero-order valence-electron chi connectivity index (χ0n) is 15.4. The highest BCUT2D eigenvalue weighted by Crippen LogP contribution is 2.39. The predicted molar refractivity (Wildman–Crippen MR) is 91.7 cm³/mol. The van der Waals surface area contributed by atoms with Crippen LogP contribution in [0.25, 0.3) is 0 Å². The van der Waals surface area contributed by atoms with Gasteiger partial charge in [-0.25, -0.2) is 0 Å². The van der Waals surface area contributed by atoms with Crippen LogP contribution in [0.5, 0.6) is 0 Å². The van der Waals surface area contributed by atoms with Crippen LogP contribution in [0.3, 0.4) is 0 Å². The van der Waals surface area contributed by atoms with Crippen LogP contribution in [0.2, 0.25) is 0 Å². The van der Waals surface area contributed by atoms with E-state index >= 15 is 0 Å². The fourth-order valence-electron chi connectivity index (χ4n) is 2.99. The Morgan fingerprint density at radius 3 is 1.60 bits per heavy atom. The monoisotopic (exact) mass is 274 g/mol. The quantitative estimate of drug-likeness (QED) is 0.573. The van der Waals surface area contributed by atoms with Gasteiger partial charge in [0.2, 0.25) is 0 Å². The fourth-order valence-corrected chi connectivity index (χ4v) is 2.99. The lowest BCUT2D eigenvalue weighted by molar-refractivity contribution is 0.403. The van der Waals surface area contributed by atoms with Crippen LogP contribution in [0.15, 0.2) is 12.1 Å². The minimum absolute atomic E-state index is 0.190. The molecule has 0 atom stereocenters. The normalized spacial score (nSPS) is 13.7. The highest BCUT2D eigenvalue weighted by molar-refractivity contribution is 5.47. The lowest BCUT2D eigenvalue weighted by Gasteiger charge is -2.35. The van der Waals surface area contributed by atoms with Crippen LogP contribution >= 0.6 is 0 Å². The van der Waals surface area contributed by atoms with Gasteiger partial charge in [-0.15, -0.1) is 0 Å². The van der Waals surface area contributed by atoms with E-state index in [1.165, 1.54) is 11.1 Å². The van der Waals surface area contributed by atoms with Gasteiger partial charge in [0.05, 0.1) is 0 Å². The van der Waals surface area contributed by atoms with Crippen LogP contribution in [0.1, 0.15) is 84.6 Å². The van der Waals surface area contributed by atoms with Crippen molar-refractivity contribution in [2.24, 2.45) is 5.41 Å². The van der Waals surface area contributed by atoms with Crippen molar-refractivity contribution in [3.8, 4) is 0 Å². The molecule has 0 spiro atoms. The molecule has 0 saturated carbocycles. The van der Waals surface area contributed by atoms with Crippen molar-refractivity contribution in [3.05, 3.63) is 34.4 Å². The molecule has 0 aliphatic heterocycles. The van der Waals surface area contributed by atoms with Crippen molar-refractivity contribution in [1.29, 1.82) is 0 Å². The first kappa shape index (κ1) is 17.3. The van der Waals surface area contributed by atoms with Gasteiger partial charge in [-0.3, -0.25) is 0 Å². The second-order valence-electron chi connectivity index (χ2n) is 9.52. The Kier molecular flexibility index (Phi) is 4.49. The third-order valence-corrected chi connectivity index (χ3v) is 3.81. The molecule has 0 N–H and O–H groups in total. The van der Waals surface area contributed by atoms with E-state index in [0.717, 1.165) is 6.42 Å². The zero-order valence-corrected chi connectivity index (χ0v) is 15.4. The molecule has 0 nitrogen and oxygen atoms in total. The number of rotatable bonds is 1. The molecule has 0 amide bonds. The van der Waals surface area contributed by atoms with E-state index in [4.69, 9.17) is 0 Å². The molecule has 0 heteroatoms. The molecule has 0 bridgehead atoms. The van der Waals surface area contributed by atoms with Crippen molar-refractivity contribution in [2.45, 2.75) is 86.5 Å². The Balaban J connectivity index is 3.64. The smallest absolute Gasteiger partial charge is 0.0126 e. The second-order valence-corrected chi connectivity index (χ2v) is 9.52. The summed E-state index contributed by atoms with van der Waals surface area (Å²) in [6.45, 7) is 23.3. The molecular weight excluding hydrogens is 240 g/mol. The SMILES string of the molecule is Cc1ccc(C(C)(C)C)c(C(C)(C)C)c1CC(C)(C)C. The maximum Gasteiger partial charge on any atom is -0.0126 e. The van der Waals surface area contributed by atoms with E-state index in [-0.39, 0.29) is 10.8 Å². The fraction of sp³-hybridized carbons (Fsp3) is 0.700. The maximum absolute atomic E-state index is 2.35. The molecule has 114 valence electrons. The van der Waals surface area contributed by atoms with Gasteiger partial charge in [-0.05, 0) is 51.8 Å². The summed E-state index contributed by atoms with van der Waals surface area (Å²) < 4.78 is 0. The van der Waals surface area contributed by atoms with Gasteiger partial charge in [-0.2, -0.15) is 0 Å². The van der Waals surface area contributed by atoms with Gasteiger partial charge >= 0.3 is 0 Å². The standard InChI is InChI=1S/C20H34/c1-14-11-12-16(19(5,6)7)17(20(8,9)10)15(14)13-18(2,3)4/h11-12H,13H2,1-10H3. The minimum atomic E-state index is 0.190. The summed E-state index contributed by atoms with van der Waals surface area (Å²) >= 11 is 0. The molecule has 20 heavy (non-hydrogen) atoms. The molecule has 0 aromatic heterocycles. The van der Waals surface area contributed by atoms with Crippen LogP contribution in [-0.2, 0) is 17.3 Å². The summed E-state index contributed by atoms with van der Waals surface area (Å²) in [6.07, 6.45) is 1.15. The molecule has 1 rings (SSSR count). The van der Waals surface area contributed by atoms with Crippen molar-refractivity contribution in [3.63, 3.8) is 0 Å². The third-order valence-electron chi connectivity index (χ3n) is 3.81. The first-order chi connectivity index (χ1) is 8.73. The van der Waals surface area contributed by atoms with Crippen LogP contribution in [-0.4, -0.2) is 0 Å². The molecule has 0 aliphatic rings. The Bertz CT molecular complexity index is 470. The Morgan fingerprint density at radius 2 is 1.25 bits per heavy atom. The van der Waals surface area contributed by atoms with E-state index < -0.39 is 0 Å². The number of aryl methyl sites for hydroxylation is 1. The summed E-state index contributed by atoms with van der Waals surface area (Å²) in [5.41, 5.74) is 6.80. The van der Waals surface area contributed by atoms with E-state index in [1.807, 2.05) is 0 Å². The maximum atomic E-state index is 2.35. The number of benzene rings is 1. The van der Waals surface area contributed by atoms with Gasteiger partial charge in [-0.1, -0.05) is 74.4 Å². The number of hydrogen-bond donors (Lipinski definition) is 0. The lowest BCUT2D eigenvalue weighted by atomic mass is 9.70. The van der Waals surface area contributed by atoms with Crippen molar-refractivity contribution < 1.29 is 0 Å². The van der Waals surface area contributed by atoms with Gasteiger partial charge in [0.15, 0.2) is 0 Å². The van der Waals surface area contributed by atoms with Gasteiger partial charge in [0.1, 0.15) is 0 Å². The summed E-state index contributed by atoms with van der Waals surface area (Å²) in [5.74, 6) is 0. The average Bonchev–Trinajstić information content (AvgIpc) is 2.15. The van der Waals surface area contributed by atoms with Crippen LogP contribution < -0.4 is 0 Å². The van der Waals surface area contributed by atoms with Crippen LogP contribution in [0.4, 0.5) is 0 Å². The van der Waals surface area contributed by atoms with Crippen molar-refractivity contribution in [1.82, 2.24) is 0 Å². The molecule has 0 aliphatic carbocycles. The summed E-state index contributed by atoms with van der Waals surface area (Å²) in [5, 5.41) is 0. The predicted octanol–water partition coefficient (Wildman–Crippen LogP) is 6.18. The Hall–Kier alpha value is -0.780. The van der Waals surface area contributed by atoms with E-state index in [2.05, 4.69) is 81.4 Å². The van der Waals surface area contributed by atoms with E-state index in [9.17, 15) is 0 Å². The zero-order chi connectivity index (χ0) is 15.9. The highest BCUT2D eigenvalue weighted by atomic mass is 14.3. The Labute approximate surface area is 127 Å². The van der Waals surface area contributed by atoms with Crippen molar-refractivity contribution in [2.75, 3.05) is 0 Å². The molecule has 0 saturated heterocycles. The minimum Gasteiger partial charge on any atom is -0.0599 e.